The molecule has 0 heterocycles. The Kier molecular flexibility index (Phi) is 11.1. The summed E-state index contributed by atoms with van der Waals surface area (Å²) in [4.78, 5) is 56.1. The standard InChI is InChI=1S/C55H74FNO5/c1-33(2)45-41(59)32-55(57-48(61)49(3,4)31-40(58)35-17-19-37(56)20-18-35)28-27-53(10)38(46(45)55)21-22-43-52(9)25-24-44(51(7,8)42(52)23-26-54(43,53)11)62-47(60)39-30-36(50(39,5)6)29-34-15-13-12-14-16-34/h12-20,33,36,38-39,42-44H,21-32H2,1-11H3,(H,57,61)/t36-,38-,39-,42+,43-,44+,52+,53-,54-,55-/m1/s1. The summed E-state index contributed by atoms with van der Waals surface area (Å²) in [5.41, 5.74) is 1.75. The minimum Gasteiger partial charge on any atom is -0.462 e. The fourth-order valence-electron chi connectivity index (χ4n) is 15.4. The first-order valence-corrected chi connectivity index (χ1v) is 24.0. The summed E-state index contributed by atoms with van der Waals surface area (Å²) in [6.07, 6.45) is 9.75. The van der Waals surface area contributed by atoms with Gasteiger partial charge < -0.3 is 10.1 Å². The van der Waals surface area contributed by atoms with Gasteiger partial charge >= 0.3 is 5.97 Å². The summed E-state index contributed by atoms with van der Waals surface area (Å²) in [5.74, 6) is 0.791. The number of carbonyl (C=O) groups is 4. The molecule has 0 radical (unpaired) electrons. The molecule has 5 saturated carbocycles. The van der Waals surface area contributed by atoms with E-state index < -0.39 is 16.8 Å². The van der Waals surface area contributed by atoms with E-state index in [0.717, 1.165) is 63.4 Å². The molecule has 6 nitrogen and oxygen atoms in total. The Morgan fingerprint density at radius 1 is 0.806 bits per heavy atom. The predicted octanol–water partition coefficient (Wildman–Crippen LogP) is 12.1. The lowest BCUT2D eigenvalue weighted by atomic mass is 9.33. The van der Waals surface area contributed by atoms with Crippen LogP contribution in [0.1, 0.15) is 163 Å². The zero-order valence-electron chi connectivity index (χ0n) is 39.6. The average molecular weight is 848 g/mol. The van der Waals surface area contributed by atoms with Gasteiger partial charge in [0.05, 0.1) is 16.9 Å². The lowest BCUT2D eigenvalue weighted by Gasteiger charge is -2.72. The van der Waals surface area contributed by atoms with E-state index >= 15 is 0 Å². The topological polar surface area (TPSA) is 89.5 Å². The van der Waals surface area contributed by atoms with Gasteiger partial charge in [-0.25, -0.2) is 4.39 Å². The zero-order chi connectivity index (χ0) is 45.0. The number of ketones is 2. The molecule has 1 amide bonds. The lowest BCUT2D eigenvalue weighted by molar-refractivity contribution is -0.235. The number of ether oxygens (including phenoxy) is 1. The fraction of sp³-hybridized carbons (Fsp3) is 0.673. The number of nitrogens with one attached hydrogen (secondary N) is 1. The molecule has 8 rings (SSSR count). The first-order valence-electron chi connectivity index (χ1n) is 24.0. The van der Waals surface area contributed by atoms with Crippen LogP contribution in [0, 0.1) is 73.8 Å². The van der Waals surface area contributed by atoms with E-state index in [4.69, 9.17) is 4.74 Å². The van der Waals surface area contributed by atoms with E-state index in [1.165, 1.54) is 35.4 Å². The maximum absolute atomic E-state index is 14.4. The Morgan fingerprint density at radius 3 is 2.13 bits per heavy atom. The molecule has 336 valence electrons. The van der Waals surface area contributed by atoms with Crippen LogP contribution in [0.3, 0.4) is 0 Å². The number of amides is 1. The molecular weight excluding hydrogens is 774 g/mol. The van der Waals surface area contributed by atoms with E-state index in [2.05, 4.69) is 98.0 Å². The maximum atomic E-state index is 14.4. The summed E-state index contributed by atoms with van der Waals surface area (Å²) in [7, 11) is 0. The fourth-order valence-corrected chi connectivity index (χ4v) is 15.4. The van der Waals surface area contributed by atoms with Crippen molar-refractivity contribution in [3.63, 3.8) is 0 Å². The monoisotopic (exact) mass is 848 g/mol. The van der Waals surface area contributed by atoms with Crippen molar-refractivity contribution in [2.45, 2.75) is 165 Å². The molecule has 0 spiro atoms. The van der Waals surface area contributed by atoms with Gasteiger partial charge in [0, 0.05) is 23.8 Å². The number of hydrogen-bond donors (Lipinski definition) is 1. The predicted molar refractivity (Wildman–Crippen MR) is 242 cm³/mol. The van der Waals surface area contributed by atoms with E-state index in [1.54, 1.807) is 13.8 Å². The highest BCUT2D eigenvalue weighted by Crippen LogP contribution is 2.76. The van der Waals surface area contributed by atoms with Crippen molar-refractivity contribution < 1.29 is 28.3 Å². The van der Waals surface area contributed by atoms with Gasteiger partial charge in [-0.05, 0) is 156 Å². The van der Waals surface area contributed by atoms with E-state index in [9.17, 15) is 23.6 Å². The number of esters is 1. The summed E-state index contributed by atoms with van der Waals surface area (Å²) in [6, 6.07) is 16.1. The van der Waals surface area contributed by atoms with Gasteiger partial charge in [0.15, 0.2) is 11.6 Å². The zero-order valence-corrected chi connectivity index (χ0v) is 39.6. The molecule has 6 aliphatic carbocycles. The molecule has 7 heteroatoms. The van der Waals surface area contributed by atoms with Crippen molar-refractivity contribution in [2.75, 3.05) is 0 Å². The number of allylic oxidation sites excluding steroid dienone is 1. The molecule has 2 aromatic rings. The van der Waals surface area contributed by atoms with Gasteiger partial charge in [0.1, 0.15) is 11.9 Å². The van der Waals surface area contributed by atoms with Crippen molar-refractivity contribution in [2.24, 2.45) is 68.0 Å². The Hall–Kier alpha value is -3.61. The number of halogens is 1. The van der Waals surface area contributed by atoms with Crippen LogP contribution in [0.15, 0.2) is 65.7 Å². The third kappa shape index (κ3) is 6.90. The van der Waals surface area contributed by atoms with Crippen LogP contribution in [0.2, 0.25) is 0 Å². The first-order chi connectivity index (χ1) is 28.9. The number of rotatable bonds is 10. The molecule has 0 bridgehead atoms. The molecule has 5 fully saturated rings. The highest BCUT2D eigenvalue weighted by atomic mass is 19.1. The van der Waals surface area contributed by atoms with Crippen molar-refractivity contribution in [3.05, 3.63) is 82.7 Å². The van der Waals surface area contributed by atoms with Gasteiger partial charge in [-0.15, -0.1) is 0 Å². The van der Waals surface area contributed by atoms with Crippen LogP contribution in [-0.4, -0.2) is 35.1 Å². The highest BCUT2D eigenvalue weighted by molar-refractivity contribution is 6.03. The summed E-state index contributed by atoms with van der Waals surface area (Å²) in [5, 5.41) is 3.50. The molecule has 0 saturated heterocycles. The number of Topliss-reactive ketones (excluding diaryl/α,β-unsaturated/α-hetero) is 2. The number of fused-ring (bicyclic) bond motifs is 7. The Labute approximate surface area is 371 Å². The minimum atomic E-state index is -1.04. The Morgan fingerprint density at radius 2 is 1.48 bits per heavy atom. The Bertz CT molecular complexity index is 2150. The molecule has 10 atom stereocenters. The SMILES string of the molecule is CC(C)C1=C2[C@H]3CC[C@@H]4[C@@]5(C)CC[C@H](OC(=O)[C@H]6C[C@@H](Cc7ccccc7)C6(C)C)C(C)(C)[C@@H]5CC[C@@]4(C)[C@]3(C)CC[C@@]2(NC(=O)C(C)(C)CC(=O)c2ccc(F)cc2)CC1=O. The van der Waals surface area contributed by atoms with Crippen LogP contribution in [0.4, 0.5) is 4.39 Å². The molecule has 6 aliphatic rings. The molecular formula is C55H74FNO5. The second kappa shape index (κ2) is 15.3. The van der Waals surface area contributed by atoms with Crippen LogP contribution in [-0.2, 0) is 25.5 Å². The van der Waals surface area contributed by atoms with Gasteiger partial charge in [0.25, 0.3) is 0 Å². The van der Waals surface area contributed by atoms with Crippen LogP contribution in [0.25, 0.3) is 0 Å². The van der Waals surface area contributed by atoms with Crippen molar-refractivity contribution in [1.29, 1.82) is 0 Å². The van der Waals surface area contributed by atoms with Gasteiger partial charge in [-0.1, -0.05) is 106 Å². The second-order valence-corrected chi connectivity index (χ2v) is 24.0. The third-order valence-corrected chi connectivity index (χ3v) is 19.4. The van der Waals surface area contributed by atoms with Crippen molar-refractivity contribution in [1.82, 2.24) is 5.32 Å². The molecule has 0 unspecified atom stereocenters. The molecule has 0 aromatic heterocycles. The molecule has 1 N–H and O–H groups in total. The van der Waals surface area contributed by atoms with Crippen molar-refractivity contribution >= 4 is 23.4 Å². The summed E-state index contributed by atoms with van der Waals surface area (Å²) >= 11 is 0. The van der Waals surface area contributed by atoms with Crippen molar-refractivity contribution in [3.8, 4) is 0 Å². The quantitative estimate of drug-likeness (QED) is 0.190. The van der Waals surface area contributed by atoms with Gasteiger partial charge in [0.2, 0.25) is 5.91 Å². The van der Waals surface area contributed by atoms with Crippen LogP contribution < -0.4 is 5.32 Å². The van der Waals surface area contributed by atoms with Gasteiger partial charge in [-0.2, -0.15) is 0 Å². The summed E-state index contributed by atoms with van der Waals surface area (Å²) in [6.45, 7) is 24.8. The second-order valence-electron chi connectivity index (χ2n) is 24.0. The lowest BCUT2D eigenvalue weighted by Crippen LogP contribution is -2.67. The molecule has 2 aromatic carbocycles. The largest absolute Gasteiger partial charge is 0.462 e. The maximum Gasteiger partial charge on any atom is 0.309 e. The van der Waals surface area contributed by atoms with E-state index in [-0.39, 0.29) is 87.2 Å². The number of carbonyl (C=O) groups excluding carboxylic acids is 4. The first kappa shape index (κ1) is 45.0. The van der Waals surface area contributed by atoms with Crippen LogP contribution >= 0.6 is 0 Å². The normalized spacial score (nSPS) is 37.0. The molecule has 62 heavy (non-hydrogen) atoms. The average Bonchev–Trinajstić information content (AvgIpc) is 3.49. The summed E-state index contributed by atoms with van der Waals surface area (Å²) < 4.78 is 20.3. The number of benzene rings is 2. The van der Waals surface area contributed by atoms with Crippen LogP contribution in [0.5, 0.6) is 0 Å². The molecule has 0 aliphatic heterocycles. The Balaban J connectivity index is 1.01. The van der Waals surface area contributed by atoms with E-state index in [1.807, 2.05) is 0 Å². The van der Waals surface area contributed by atoms with Gasteiger partial charge in [-0.3, -0.25) is 19.2 Å². The third-order valence-electron chi connectivity index (χ3n) is 19.4. The smallest absolute Gasteiger partial charge is 0.309 e. The van der Waals surface area contributed by atoms with E-state index in [0.29, 0.717) is 29.7 Å². The highest BCUT2D eigenvalue weighted by Gasteiger charge is 2.70. The minimum absolute atomic E-state index is 0.00403. The number of hydrogen-bond acceptors (Lipinski definition) is 5.